The Morgan fingerprint density at radius 2 is 1.03 bits per heavy atom. The van der Waals surface area contributed by atoms with Crippen molar-refractivity contribution in [2.45, 2.75) is 19.1 Å². The lowest BCUT2D eigenvalue weighted by Crippen LogP contribution is -2.36. The minimum atomic E-state index is -0.844. The zero-order chi connectivity index (χ0) is 25.9. The number of rotatable bonds is 22. The van der Waals surface area contributed by atoms with E-state index in [1.54, 1.807) is 0 Å². The van der Waals surface area contributed by atoms with Crippen LogP contribution < -0.4 is 0 Å². The Morgan fingerprint density at radius 3 is 1.50 bits per heavy atom. The van der Waals surface area contributed by atoms with Crippen molar-refractivity contribution in [3.8, 4) is 0 Å². The van der Waals surface area contributed by atoms with Crippen LogP contribution in [0.15, 0.2) is 0 Å². The lowest BCUT2D eigenvalue weighted by molar-refractivity contribution is -0.152. The summed E-state index contributed by atoms with van der Waals surface area (Å²) in [4.78, 5) is 25.2. The van der Waals surface area contributed by atoms with Gasteiger partial charge in [-0.1, -0.05) is 0 Å². The summed E-state index contributed by atoms with van der Waals surface area (Å²) >= 11 is 0. The van der Waals surface area contributed by atoms with Gasteiger partial charge in [0.05, 0.1) is 13.0 Å². The predicted octanol–water partition coefficient (Wildman–Crippen LogP) is -0.505. The first-order valence-electron chi connectivity index (χ1n) is 12.5. The third-order valence-corrected chi connectivity index (χ3v) is 5.70. The average molecular weight is 491 g/mol. The Kier molecular flexibility index (Phi) is 19.8. The van der Waals surface area contributed by atoms with E-state index in [0.717, 1.165) is 58.9 Å². The molecule has 0 saturated carbocycles. The Hall–Kier alpha value is -0.850. The second kappa shape index (κ2) is 20.4. The van der Waals surface area contributed by atoms with Crippen molar-refractivity contribution in [2.75, 3.05) is 135 Å². The van der Waals surface area contributed by atoms with Crippen molar-refractivity contribution in [3.63, 3.8) is 0 Å². The smallest absolute Gasteiger partial charge is 0.307 e. The zero-order valence-electron chi connectivity index (χ0n) is 23.3. The summed E-state index contributed by atoms with van der Waals surface area (Å²) in [7, 11) is 16.6. The van der Waals surface area contributed by atoms with Crippen LogP contribution in [0.3, 0.4) is 0 Å². The van der Waals surface area contributed by atoms with Gasteiger partial charge in [-0.3, -0.25) is 4.79 Å². The molecule has 0 radical (unpaired) electrons. The van der Waals surface area contributed by atoms with Crippen LogP contribution in [0.2, 0.25) is 0 Å². The highest BCUT2D eigenvalue weighted by atomic mass is 16.6. The predicted molar refractivity (Wildman–Crippen MR) is 139 cm³/mol. The number of carbonyl (C=O) groups is 1. The fraction of sp³-hybridized carbons (Fsp3) is 0.958. The Labute approximate surface area is 209 Å². The van der Waals surface area contributed by atoms with Crippen molar-refractivity contribution >= 4 is 5.97 Å². The topological polar surface area (TPSA) is 75.2 Å². The molecule has 0 aliphatic rings. The number of esters is 1. The van der Waals surface area contributed by atoms with E-state index in [9.17, 15) is 9.90 Å². The highest BCUT2D eigenvalue weighted by molar-refractivity contribution is 5.69. The Bertz CT molecular complexity index is 498. The van der Waals surface area contributed by atoms with Crippen molar-refractivity contribution in [1.29, 1.82) is 0 Å². The maximum absolute atomic E-state index is 11.9. The molecule has 0 fully saturated rings. The van der Waals surface area contributed by atoms with Crippen LogP contribution >= 0.6 is 0 Å². The summed E-state index contributed by atoms with van der Waals surface area (Å²) in [6.45, 7) is 9.73. The number of likely N-dealkylation sites (N-methyl/N-ethyl adjacent to an activating group) is 6. The SMILES string of the molecule is CN(C)CCN(C)CCN(C)CCC(=O)OCCOC(O)CCN(C)CCN(C)CCN(C)C. The van der Waals surface area contributed by atoms with E-state index in [-0.39, 0.29) is 19.2 Å². The third kappa shape index (κ3) is 21.7. The molecule has 0 rings (SSSR count). The lowest BCUT2D eigenvalue weighted by atomic mass is 10.3. The zero-order valence-corrected chi connectivity index (χ0v) is 23.3. The van der Waals surface area contributed by atoms with E-state index in [2.05, 4.69) is 71.7 Å². The monoisotopic (exact) mass is 490 g/mol. The van der Waals surface area contributed by atoms with Crippen LogP contribution in [0, 0.1) is 0 Å². The molecule has 0 spiro atoms. The standard InChI is InChI=1S/C24H54N6O4/c1-25(2)13-15-29(7)19-17-27(5)11-9-23(31)33-21-22-34-24(32)10-12-28(6)18-20-30(8)16-14-26(3)4/h23,31H,9-22H2,1-8H3. The maximum Gasteiger partial charge on any atom is 0.307 e. The van der Waals surface area contributed by atoms with Gasteiger partial charge in [0.15, 0.2) is 6.29 Å². The van der Waals surface area contributed by atoms with Crippen LogP contribution in [0.25, 0.3) is 0 Å². The molecule has 0 aliphatic heterocycles. The first kappa shape index (κ1) is 33.1. The van der Waals surface area contributed by atoms with E-state index in [1.165, 1.54) is 0 Å². The van der Waals surface area contributed by atoms with Gasteiger partial charge in [-0.05, 0) is 56.4 Å². The number of aliphatic hydroxyl groups excluding tert-OH is 1. The van der Waals surface area contributed by atoms with Crippen molar-refractivity contribution in [2.24, 2.45) is 0 Å². The molecule has 0 heterocycles. The summed E-state index contributed by atoms with van der Waals surface area (Å²) < 4.78 is 10.6. The minimum absolute atomic E-state index is 0.166. The number of hydrogen-bond donors (Lipinski definition) is 1. The Morgan fingerprint density at radius 1 is 0.618 bits per heavy atom. The highest BCUT2D eigenvalue weighted by Crippen LogP contribution is 1.99. The van der Waals surface area contributed by atoms with Gasteiger partial charge in [0.2, 0.25) is 0 Å². The summed E-state index contributed by atoms with van der Waals surface area (Å²) in [5.41, 5.74) is 0. The molecule has 0 saturated heterocycles. The molecule has 34 heavy (non-hydrogen) atoms. The molecular weight excluding hydrogens is 436 g/mol. The molecule has 0 aromatic heterocycles. The fourth-order valence-corrected chi connectivity index (χ4v) is 2.98. The summed E-state index contributed by atoms with van der Waals surface area (Å²) in [5, 5.41) is 10.0. The van der Waals surface area contributed by atoms with Gasteiger partial charge < -0.3 is 44.0 Å². The van der Waals surface area contributed by atoms with Crippen LogP contribution in [-0.4, -0.2) is 182 Å². The average Bonchev–Trinajstić information content (AvgIpc) is 2.78. The second-order valence-electron chi connectivity index (χ2n) is 9.90. The highest BCUT2D eigenvalue weighted by Gasteiger charge is 2.10. The van der Waals surface area contributed by atoms with E-state index >= 15 is 0 Å². The fourth-order valence-electron chi connectivity index (χ4n) is 2.98. The van der Waals surface area contributed by atoms with Gasteiger partial charge in [0.25, 0.3) is 0 Å². The normalized spacial score (nSPS) is 13.3. The molecule has 0 aromatic carbocycles. The summed E-state index contributed by atoms with van der Waals surface area (Å²) in [6.07, 6.45) is 0.0386. The van der Waals surface area contributed by atoms with Crippen LogP contribution in [0.1, 0.15) is 12.8 Å². The quantitative estimate of drug-likeness (QED) is 0.122. The lowest BCUT2D eigenvalue weighted by Gasteiger charge is -2.24. The minimum Gasteiger partial charge on any atom is -0.463 e. The number of ether oxygens (including phenoxy) is 2. The van der Waals surface area contributed by atoms with Gasteiger partial charge >= 0.3 is 5.97 Å². The van der Waals surface area contributed by atoms with Crippen LogP contribution in [-0.2, 0) is 14.3 Å². The molecule has 1 atom stereocenters. The molecule has 0 bridgehead atoms. The maximum atomic E-state index is 11.9. The van der Waals surface area contributed by atoms with E-state index in [1.807, 2.05) is 14.1 Å². The molecule has 0 aromatic rings. The summed E-state index contributed by atoms with van der Waals surface area (Å²) in [6, 6.07) is 0. The van der Waals surface area contributed by atoms with Crippen molar-refractivity contribution in [3.05, 3.63) is 0 Å². The van der Waals surface area contributed by atoms with E-state index in [4.69, 9.17) is 9.47 Å². The van der Waals surface area contributed by atoms with Crippen LogP contribution in [0.4, 0.5) is 0 Å². The largest absolute Gasteiger partial charge is 0.463 e. The second-order valence-corrected chi connectivity index (χ2v) is 9.90. The molecule has 204 valence electrons. The van der Waals surface area contributed by atoms with Gasteiger partial charge in [-0.15, -0.1) is 0 Å². The molecule has 10 nitrogen and oxygen atoms in total. The molecule has 10 heteroatoms. The number of carbonyl (C=O) groups excluding carboxylic acids is 1. The first-order chi connectivity index (χ1) is 16.0. The Balaban J connectivity index is 3.73. The van der Waals surface area contributed by atoms with Crippen LogP contribution in [0.5, 0.6) is 0 Å². The molecule has 0 amide bonds. The van der Waals surface area contributed by atoms with Gasteiger partial charge in [-0.2, -0.15) is 0 Å². The van der Waals surface area contributed by atoms with Gasteiger partial charge in [0.1, 0.15) is 6.61 Å². The van der Waals surface area contributed by atoms with Gasteiger partial charge in [0, 0.05) is 71.9 Å². The third-order valence-electron chi connectivity index (χ3n) is 5.70. The number of hydrogen-bond acceptors (Lipinski definition) is 10. The summed E-state index contributed by atoms with van der Waals surface area (Å²) in [5.74, 6) is -0.232. The molecule has 1 unspecified atom stereocenters. The molecular formula is C24H54N6O4. The van der Waals surface area contributed by atoms with E-state index in [0.29, 0.717) is 19.4 Å². The van der Waals surface area contributed by atoms with Gasteiger partial charge in [-0.25, -0.2) is 0 Å². The van der Waals surface area contributed by atoms with Crippen molar-refractivity contribution < 1.29 is 19.4 Å². The van der Waals surface area contributed by atoms with E-state index < -0.39 is 6.29 Å². The number of nitrogens with zero attached hydrogens (tertiary/aromatic N) is 6. The number of aliphatic hydroxyl groups is 1. The first-order valence-corrected chi connectivity index (χ1v) is 12.5. The molecule has 1 N–H and O–H groups in total. The molecule has 0 aliphatic carbocycles. The van der Waals surface area contributed by atoms with Crippen molar-refractivity contribution in [1.82, 2.24) is 29.4 Å².